The SMILES string of the molecule is CNCC1(C)CCN(CC(F)(F)c2ccccc2)C1. The minimum absolute atomic E-state index is 0.109. The van der Waals surface area contributed by atoms with Gasteiger partial charge in [-0.25, -0.2) is 0 Å². The van der Waals surface area contributed by atoms with E-state index in [9.17, 15) is 8.78 Å². The lowest BCUT2D eigenvalue weighted by atomic mass is 9.90. The van der Waals surface area contributed by atoms with Gasteiger partial charge in [0.05, 0.1) is 6.54 Å². The Balaban J connectivity index is 1.99. The normalized spacial score (nSPS) is 24.8. The second-order valence-corrected chi connectivity index (χ2v) is 5.87. The molecule has 0 amide bonds. The van der Waals surface area contributed by atoms with Crippen molar-refractivity contribution in [2.24, 2.45) is 5.41 Å². The maximum atomic E-state index is 14.2. The summed E-state index contributed by atoms with van der Waals surface area (Å²) in [5.41, 5.74) is 0.221. The fourth-order valence-corrected chi connectivity index (χ4v) is 2.89. The molecular formula is C15H22F2N2. The van der Waals surface area contributed by atoms with Gasteiger partial charge >= 0.3 is 0 Å². The molecule has 1 N–H and O–H groups in total. The zero-order valence-corrected chi connectivity index (χ0v) is 11.6. The smallest absolute Gasteiger partial charge is 0.285 e. The molecule has 106 valence electrons. The second kappa shape index (κ2) is 5.55. The number of hydrogen-bond acceptors (Lipinski definition) is 2. The van der Waals surface area contributed by atoms with Crippen LogP contribution in [0.5, 0.6) is 0 Å². The number of nitrogens with one attached hydrogen (secondary N) is 1. The minimum Gasteiger partial charge on any atom is -0.319 e. The lowest BCUT2D eigenvalue weighted by molar-refractivity contribution is -0.0346. The molecule has 0 spiro atoms. The first-order valence-electron chi connectivity index (χ1n) is 6.76. The van der Waals surface area contributed by atoms with E-state index in [0.717, 1.165) is 26.1 Å². The quantitative estimate of drug-likeness (QED) is 0.883. The van der Waals surface area contributed by atoms with Crippen molar-refractivity contribution in [3.8, 4) is 0 Å². The number of hydrogen-bond donors (Lipinski definition) is 1. The van der Waals surface area contributed by atoms with Crippen molar-refractivity contribution < 1.29 is 8.78 Å². The van der Waals surface area contributed by atoms with Gasteiger partial charge < -0.3 is 5.32 Å². The van der Waals surface area contributed by atoms with Crippen molar-refractivity contribution in [2.75, 3.05) is 33.2 Å². The van der Waals surface area contributed by atoms with E-state index in [-0.39, 0.29) is 17.5 Å². The van der Waals surface area contributed by atoms with Crippen molar-refractivity contribution in [1.82, 2.24) is 10.2 Å². The van der Waals surface area contributed by atoms with Crippen LogP contribution in [0.3, 0.4) is 0 Å². The molecule has 0 radical (unpaired) electrons. The fourth-order valence-electron chi connectivity index (χ4n) is 2.89. The summed E-state index contributed by atoms with van der Waals surface area (Å²) in [6.45, 7) is 4.33. The Labute approximate surface area is 113 Å². The Morgan fingerprint density at radius 1 is 1.32 bits per heavy atom. The molecule has 4 heteroatoms. The molecule has 1 aromatic rings. The summed E-state index contributed by atoms with van der Waals surface area (Å²) >= 11 is 0. The van der Waals surface area contributed by atoms with E-state index < -0.39 is 5.92 Å². The molecule has 0 aromatic heterocycles. The van der Waals surface area contributed by atoms with Crippen LogP contribution in [0.4, 0.5) is 8.78 Å². The molecule has 2 rings (SSSR count). The zero-order chi connectivity index (χ0) is 13.9. The van der Waals surface area contributed by atoms with Crippen LogP contribution < -0.4 is 5.32 Å². The van der Waals surface area contributed by atoms with Crippen LogP contribution in [-0.4, -0.2) is 38.1 Å². The fraction of sp³-hybridized carbons (Fsp3) is 0.600. The number of likely N-dealkylation sites (tertiary alicyclic amines) is 1. The van der Waals surface area contributed by atoms with Gasteiger partial charge in [-0.15, -0.1) is 0 Å². The third-order valence-electron chi connectivity index (χ3n) is 3.86. The molecule has 1 aliphatic rings. The molecule has 1 heterocycles. The molecule has 1 aromatic carbocycles. The summed E-state index contributed by atoms with van der Waals surface area (Å²) in [6, 6.07) is 8.10. The van der Waals surface area contributed by atoms with Gasteiger partial charge in [0.25, 0.3) is 5.92 Å². The molecule has 1 atom stereocenters. The van der Waals surface area contributed by atoms with Crippen LogP contribution in [0, 0.1) is 5.41 Å². The van der Waals surface area contributed by atoms with Gasteiger partial charge in [-0.3, -0.25) is 4.90 Å². The predicted molar refractivity (Wildman–Crippen MR) is 73.4 cm³/mol. The van der Waals surface area contributed by atoms with Gasteiger partial charge in [-0.05, 0) is 25.4 Å². The molecule has 1 aliphatic heterocycles. The van der Waals surface area contributed by atoms with E-state index in [1.165, 1.54) is 12.1 Å². The number of nitrogens with zero attached hydrogens (tertiary/aromatic N) is 1. The average Bonchev–Trinajstić information content (AvgIpc) is 2.71. The highest BCUT2D eigenvalue weighted by atomic mass is 19.3. The van der Waals surface area contributed by atoms with Crippen LogP contribution in [0.25, 0.3) is 0 Å². The molecule has 0 saturated carbocycles. The van der Waals surface area contributed by atoms with E-state index in [1.807, 2.05) is 11.9 Å². The molecule has 0 bridgehead atoms. The maximum Gasteiger partial charge on any atom is 0.285 e. The summed E-state index contributed by atoms with van der Waals surface area (Å²) in [4.78, 5) is 1.88. The summed E-state index contributed by atoms with van der Waals surface area (Å²) in [6.07, 6.45) is 0.971. The topological polar surface area (TPSA) is 15.3 Å². The Morgan fingerprint density at radius 2 is 2.00 bits per heavy atom. The van der Waals surface area contributed by atoms with Gasteiger partial charge in [0.15, 0.2) is 0 Å². The third-order valence-corrected chi connectivity index (χ3v) is 3.86. The summed E-state index contributed by atoms with van der Waals surface area (Å²) in [5, 5.41) is 3.15. The highest BCUT2D eigenvalue weighted by Gasteiger charge is 2.39. The van der Waals surface area contributed by atoms with Crippen molar-refractivity contribution in [1.29, 1.82) is 0 Å². The number of alkyl halides is 2. The van der Waals surface area contributed by atoms with E-state index in [2.05, 4.69) is 12.2 Å². The monoisotopic (exact) mass is 268 g/mol. The Bertz CT molecular complexity index is 408. The molecule has 0 aliphatic carbocycles. The van der Waals surface area contributed by atoms with E-state index in [0.29, 0.717) is 0 Å². The van der Waals surface area contributed by atoms with Gasteiger partial charge in [-0.1, -0.05) is 37.3 Å². The maximum absolute atomic E-state index is 14.2. The summed E-state index contributed by atoms with van der Waals surface area (Å²) in [5.74, 6) is -2.77. The summed E-state index contributed by atoms with van der Waals surface area (Å²) in [7, 11) is 1.91. The van der Waals surface area contributed by atoms with Gasteiger partial charge in [0, 0.05) is 18.7 Å². The largest absolute Gasteiger partial charge is 0.319 e. The number of benzene rings is 1. The Morgan fingerprint density at radius 3 is 2.63 bits per heavy atom. The minimum atomic E-state index is -2.77. The van der Waals surface area contributed by atoms with Crippen molar-refractivity contribution in [2.45, 2.75) is 19.3 Å². The molecule has 19 heavy (non-hydrogen) atoms. The van der Waals surface area contributed by atoms with E-state index in [1.54, 1.807) is 18.2 Å². The standard InChI is InChI=1S/C15H22F2N2/c1-14(10-18-2)8-9-19(11-14)12-15(16,17)13-6-4-3-5-7-13/h3-7,18H,8-12H2,1-2H3. The predicted octanol–water partition coefficient (Wildman–Crippen LogP) is 2.71. The van der Waals surface area contributed by atoms with E-state index in [4.69, 9.17) is 0 Å². The van der Waals surface area contributed by atoms with Crippen LogP contribution in [0.15, 0.2) is 30.3 Å². The Hall–Kier alpha value is -1.00. The van der Waals surface area contributed by atoms with Crippen molar-refractivity contribution in [3.63, 3.8) is 0 Å². The molecule has 1 unspecified atom stereocenters. The van der Waals surface area contributed by atoms with Crippen LogP contribution >= 0.6 is 0 Å². The molecule has 1 fully saturated rings. The lowest BCUT2D eigenvalue weighted by Crippen LogP contribution is -2.37. The Kier molecular flexibility index (Phi) is 4.21. The number of halogens is 2. The summed E-state index contributed by atoms with van der Waals surface area (Å²) < 4.78 is 28.4. The van der Waals surface area contributed by atoms with Crippen LogP contribution in [0.1, 0.15) is 18.9 Å². The average molecular weight is 268 g/mol. The van der Waals surface area contributed by atoms with Gasteiger partial charge in [0.2, 0.25) is 0 Å². The van der Waals surface area contributed by atoms with Crippen molar-refractivity contribution in [3.05, 3.63) is 35.9 Å². The molecule has 2 nitrogen and oxygen atoms in total. The highest BCUT2D eigenvalue weighted by molar-refractivity contribution is 5.20. The van der Waals surface area contributed by atoms with E-state index >= 15 is 0 Å². The van der Waals surface area contributed by atoms with Crippen LogP contribution in [-0.2, 0) is 5.92 Å². The number of rotatable bonds is 5. The van der Waals surface area contributed by atoms with Crippen molar-refractivity contribution >= 4 is 0 Å². The van der Waals surface area contributed by atoms with Gasteiger partial charge in [0.1, 0.15) is 0 Å². The second-order valence-electron chi connectivity index (χ2n) is 5.87. The van der Waals surface area contributed by atoms with Crippen LogP contribution in [0.2, 0.25) is 0 Å². The molecular weight excluding hydrogens is 246 g/mol. The first kappa shape index (κ1) is 14.4. The zero-order valence-electron chi connectivity index (χ0n) is 11.6. The highest BCUT2D eigenvalue weighted by Crippen LogP contribution is 2.34. The third kappa shape index (κ3) is 3.51. The van der Waals surface area contributed by atoms with Gasteiger partial charge in [-0.2, -0.15) is 8.78 Å². The first-order chi connectivity index (χ1) is 8.95. The first-order valence-corrected chi connectivity index (χ1v) is 6.76. The molecule has 1 saturated heterocycles. The lowest BCUT2D eigenvalue weighted by Gasteiger charge is -2.27.